The van der Waals surface area contributed by atoms with Gasteiger partial charge in [0.2, 0.25) is 0 Å². The monoisotopic (exact) mass is 1240 g/mol. The first-order chi connectivity index (χ1) is 38.1. The Balaban J connectivity index is 0.000000164. The van der Waals surface area contributed by atoms with Crippen molar-refractivity contribution in [1.82, 2.24) is 24.1 Å². The van der Waals surface area contributed by atoms with Gasteiger partial charge in [-0.05, 0) is 95.3 Å². The van der Waals surface area contributed by atoms with Crippen LogP contribution >= 0.6 is 9.24 Å². The number of nitrogens with zero attached hydrogens (tertiary/aromatic N) is 5. The standard InChI is InChI=1S/C36H24N2.2C11H6F2N.C6H5NO2.CH4BP.Ir/c1-5-13-33-29(9-1)30-10-2-6-14-34(30)37(33)27-21-17-25(18-22-27)26-19-23-28(24-20-26)38-35-15-7-3-11-31(35)32-12-4-8-16-36(32)38;2*12-8-4-5-9(10(13)7-8)11-3-1-2-6-14-11;8-6(9)5-3-1-2-4-7-5;2-1-3;/h1-24H;2*1-4,6-7H;1-4H,(H,8,9);1,3H2;/q;2*-1;;;. The van der Waals surface area contributed by atoms with Gasteiger partial charge >= 0.3 is 5.97 Å². The van der Waals surface area contributed by atoms with Crippen LogP contribution in [0.3, 0.4) is 0 Å². The molecule has 0 bridgehead atoms. The molecule has 0 spiro atoms. The first kappa shape index (κ1) is 56.4. The Hall–Kier alpha value is -8.86. The van der Waals surface area contributed by atoms with Crippen LogP contribution in [0.4, 0.5) is 17.6 Å². The zero-order chi connectivity index (χ0) is 54.4. The number of hydrogen-bond donors (Lipinski definition) is 1. The van der Waals surface area contributed by atoms with Crippen molar-refractivity contribution < 1.29 is 47.6 Å². The predicted octanol–water partition coefficient (Wildman–Crippen LogP) is 16.0. The fraction of sp³-hybridized carbons (Fsp3) is 0.0154. The Bertz CT molecular complexity index is 3770. The van der Waals surface area contributed by atoms with Gasteiger partial charge in [-0.3, -0.25) is 17.6 Å². The largest absolute Gasteiger partial charge is 0.477 e. The summed E-state index contributed by atoms with van der Waals surface area (Å²) in [4.78, 5) is 21.6. The smallest absolute Gasteiger partial charge is 0.354 e. The maximum absolute atomic E-state index is 13.2. The van der Waals surface area contributed by atoms with E-state index in [1.54, 1.807) is 60.9 Å². The van der Waals surface area contributed by atoms with Crippen LogP contribution in [-0.4, -0.2) is 49.1 Å². The molecule has 0 aliphatic heterocycles. The summed E-state index contributed by atoms with van der Waals surface area (Å²) in [5, 5.41) is 13.5. The van der Waals surface area contributed by atoms with Crippen molar-refractivity contribution in [3.63, 3.8) is 0 Å². The molecule has 0 amide bonds. The maximum Gasteiger partial charge on any atom is 0.354 e. The molecular formula is C65H45BF4IrN5O2P-2. The third-order valence-electron chi connectivity index (χ3n) is 12.2. The quantitative estimate of drug-likeness (QED) is 0.0776. The van der Waals surface area contributed by atoms with Gasteiger partial charge in [0.15, 0.2) is 0 Å². The van der Waals surface area contributed by atoms with E-state index in [1.165, 1.54) is 78.4 Å². The topological polar surface area (TPSA) is 85.8 Å². The number of aromatic nitrogens is 5. The van der Waals surface area contributed by atoms with Crippen LogP contribution in [0.15, 0.2) is 243 Å². The summed E-state index contributed by atoms with van der Waals surface area (Å²) in [6.07, 6.45) is 4.54. The molecule has 14 heteroatoms. The second-order valence-corrected chi connectivity index (χ2v) is 17.6. The normalized spacial score (nSPS) is 10.4. The summed E-state index contributed by atoms with van der Waals surface area (Å²) >= 11 is 0. The number of benzene rings is 8. The fourth-order valence-electron chi connectivity index (χ4n) is 8.80. The van der Waals surface area contributed by atoms with Gasteiger partial charge in [0.05, 0.1) is 29.9 Å². The Labute approximate surface area is 470 Å². The molecule has 0 fully saturated rings. The number of carboxylic acid groups (broad SMARTS) is 1. The van der Waals surface area contributed by atoms with Crippen LogP contribution in [0.5, 0.6) is 0 Å². The summed E-state index contributed by atoms with van der Waals surface area (Å²) in [7, 11) is 7.17. The molecule has 0 saturated carbocycles. The molecule has 79 heavy (non-hydrogen) atoms. The van der Waals surface area contributed by atoms with E-state index in [4.69, 9.17) is 13.0 Å². The molecular weight excluding hydrogens is 1190 g/mol. The average Bonchev–Trinajstić information content (AvgIpc) is 4.13. The molecule has 3 radical (unpaired) electrons. The van der Waals surface area contributed by atoms with Gasteiger partial charge in [-0.1, -0.05) is 157 Å². The summed E-state index contributed by atoms with van der Waals surface area (Å²) in [6, 6.07) is 76.9. The van der Waals surface area contributed by atoms with Crippen molar-refractivity contribution in [3.05, 3.63) is 284 Å². The van der Waals surface area contributed by atoms with Crippen LogP contribution in [0.1, 0.15) is 10.5 Å². The number of fused-ring (bicyclic) bond motifs is 6. The number of hydrogen-bond acceptors (Lipinski definition) is 4. The second-order valence-electron chi connectivity index (χ2n) is 17.1. The second kappa shape index (κ2) is 27.0. The number of rotatable bonds is 6. The zero-order valence-corrected chi connectivity index (χ0v) is 45.4. The van der Waals surface area contributed by atoms with E-state index in [0.29, 0.717) is 17.4 Å². The number of carbonyl (C=O) groups is 1. The molecule has 13 rings (SSSR count). The van der Waals surface area contributed by atoms with Gasteiger partial charge in [0.25, 0.3) is 0 Å². The molecule has 0 aliphatic carbocycles. The minimum Gasteiger partial charge on any atom is -0.477 e. The zero-order valence-electron chi connectivity index (χ0n) is 41.9. The van der Waals surface area contributed by atoms with E-state index >= 15 is 0 Å². The van der Waals surface area contributed by atoms with E-state index in [0.717, 1.165) is 24.3 Å². The SMILES string of the molecule is Fc1c[c-]c(-c2ccccn2)c(F)c1.Fc1c[c-]c(-c2ccccn2)c(F)c1.O=C(O)c1ccccn1.[B]CP.[Ir].c1ccc2c(c1)c1ccccc1n2-c1ccc(-c2ccc(-n3c4ccccc4c4ccccc43)cc2)cc1. The first-order valence-corrected chi connectivity index (χ1v) is 25.2. The molecule has 0 saturated heterocycles. The van der Waals surface area contributed by atoms with Crippen molar-refractivity contribution in [2.45, 2.75) is 0 Å². The minimum atomic E-state index is -0.990. The molecule has 1 atom stereocenters. The van der Waals surface area contributed by atoms with E-state index in [-0.39, 0.29) is 36.9 Å². The van der Waals surface area contributed by atoms with Gasteiger partial charge in [0, 0.05) is 94.9 Å². The molecule has 1 unspecified atom stereocenters. The maximum atomic E-state index is 13.2. The number of para-hydroxylation sites is 4. The summed E-state index contributed by atoms with van der Waals surface area (Å²) < 4.78 is 56.3. The van der Waals surface area contributed by atoms with Crippen LogP contribution in [-0.2, 0) is 20.1 Å². The van der Waals surface area contributed by atoms with Crippen molar-refractivity contribution in [2.75, 3.05) is 6.06 Å². The molecule has 5 heterocycles. The van der Waals surface area contributed by atoms with E-state index < -0.39 is 29.2 Å². The van der Waals surface area contributed by atoms with Crippen LogP contribution < -0.4 is 0 Å². The number of carboxylic acids is 1. The van der Waals surface area contributed by atoms with Gasteiger partial charge in [0.1, 0.15) is 5.69 Å². The predicted molar refractivity (Wildman–Crippen MR) is 309 cm³/mol. The van der Waals surface area contributed by atoms with Crippen molar-refractivity contribution in [1.29, 1.82) is 0 Å². The van der Waals surface area contributed by atoms with Gasteiger partial charge < -0.3 is 24.2 Å². The summed E-state index contributed by atoms with van der Waals surface area (Å²) in [5.41, 5.74) is 11.1. The third kappa shape index (κ3) is 13.3. The molecule has 1 N–H and O–H groups in total. The van der Waals surface area contributed by atoms with E-state index in [2.05, 4.69) is 191 Å². The third-order valence-corrected chi connectivity index (χ3v) is 12.2. The van der Waals surface area contributed by atoms with E-state index in [9.17, 15) is 22.4 Å². The first-order valence-electron chi connectivity index (χ1n) is 24.4. The van der Waals surface area contributed by atoms with Crippen molar-refractivity contribution in [2.24, 2.45) is 0 Å². The van der Waals surface area contributed by atoms with Crippen molar-refractivity contribution >= 4 is 66.7 Å². The Morgan fingerprint density at radius 2 is 0.785 bits per heavy atom. The van der Waals surface area contributed by atoms with Crippen molar-refractivity contribution in [3.8, 4) is 45.0 Å². The Morgan fingerprint density at radius 3 is 1.06 bits per heavy atom. The van der Waals surface area contributed by atoms with Crippen LogP contribution in [0.25, 0.3) is 88.6 Å². The minimum absolute atomic E-state index is 0. The summed E-state index contributed by atoms with van der Waals surface area (Å²) in [6.45, 7) is 0. The van der Waals surface area contributed by atoms with Gasteiger partial charge in [-0.25, -0.2) is 9.78 Å². The molecule has 13 aromatic rings. The van der Waals surface area contributed by atoms with Gasteiger partial charge in [-0.2, -0.15) is 0 Å². The fourth-order valence-corrected chi connectivity index (χ4v) is 8.80. The van der Waals surface area contributed by atoms with Gasteiger partial charge in [-0.15, -0.1) is 33.5 Å². The molecule has 8 aromatic carbocycles. The Kier molecular flexibility index (Phi) is 19.2. The number of aromatic carboxylic acids is 1. The van der Waals surface area contributed by atoms with Crippen LogP contribution in [0.2, 0.25) is 0 Å². The molecule has 0 aliphatic rings. The molecule has 5 aromatic heterocycles. The summed E-state index contributed by atoms with van der Waals surface area (Å²) in [5.74, 6) is -3.56. The number of halogens is 4. The van der Waals surface area contributed by atoms with Crippen LogP contribution in [0, 0.1) is 35.4 Å². The molecule has 7 nitrogen and oxygen atoms in total. The molecule has 389 valence electrons. The Morgan fingerprint density at radius 1 is 0.468 bits per heavy atom. The van der Waals surface area contributed by atoms with E-state index in [1.807, 2.05) is 0 Å². The number of pyridine rings is 3. The average molecular weight is 1240 g/mol.